The zero-order chi connectivity index (χ0) is 19.6. The lowest BCUT2D eigenvalue weighted by Crippen LogP contribution is -2.24. The molecule has 0 saturated heterocycles. The van der Waals surface area contributed by atoms with Crippen molar-refractivity contribution in [1.82, 2.24) is 25.2 Å². The number of hydrogen-bond donors (Lipinski definition) is 1. The summed E-state index contributed by atoms with van der Waals surface area (Å²) in [6.07, 6.45) is 0.518. The Morgan fingerprint density at radius 1 is 1.36 bits per heavy atom. The first-order chi connectivity index (χ1) is 12.9. The zero-order valence-corrected chi connectivity index (χ0v) is 16.3. The Hall–Kier alpha value is -3.11. The van der Waals surface area contributed by atoms with Crippen molar-refractivity contribution in [2.75, 3.05) is 7.05 Å². The number of nitro groups is 1. The highest BCUT2D eigenvalue weighted by Crippen LogP contribution is 2.23. The fourth-order valence-corrected chi connectivity index (χ4v) is 2.55. The third-order valence-corrected chi connectivity index (χ3v) is 4.07. The van der Waals surface area contributed by atoms with E-state index in [-0.39, 0.29) is 41.4 Å². The SMILES string of the molecule is CNC(C)Cc1noc(-c2nn(-c3ccccc3[N+](=O)[O-])c(C)cc2=O)n1.Cl. The molecule has 0 bridgehead atoms. The fourth-order valence-electron chi connectivity index (χ4n) is 2.55. The van der Waals surface area contributed by atoms with Gasteiger partial charge in [0, 0.05) is 30.3 Å². The van der Waals surface area contributed by atoms with Gasteiger partial charge in [0.05, 0.1) is 4.92 Å². The van der Waals surface area contributed by atoms with Crippen molar-refractivity contribution in [3.8, 4) is 17.3 Å². The second-order valence-corrected chi connectivity index (χ2v) is 6.07. The van der Waals surface area contributed by atoms with Gasteiger partial charge in [-0.15, -0.1) is 12.4 Å². The molecule has 0 radical (unpaired) electrons. The van der Waals surface area contributed by atoms with Crippen molar-refractivity contribution >= 4 is 18.1 Å². The van der Waals surface area contributed by atoms with Gasteiger partial charge in [-0.05, 0) is 27.0 Å². The maximum atomic E-state index is 12.4. The highest BCUT2D eigenvalue weighted by molar-refractivity contribution is 5.85. The van der Waals surface area contributed by atoms with Gasteiger partial charge < -0.3 is 9.84 Å². The Morgan fingerprint density at radius 3 is 2.75 bits per heavy atom. The minimum Gasteiger partial charge on any atom is -0.332 e. The average molecular weight is 407 g/mol. The van der Waals surface area contributed by atoms with E-state index >= 15 is 0 Å². The molecule has 10 nitrogen and oxygen atoms in total. The van der Waals surface area contributed by atoms with E-state index in [9.17, 15) is 14.9 Å². The molecule has 0 aliphatic carbocycles. The molecule has 0 spiro atoms. The fraction of sp³-hybridized carbons (Fsp3) is 0.294. The molecule has 2 aromatic heterocycles. The van der Waals surface area contributed by atoms with Crippen LogP contribution in [0.4, 0.5) is 5.69 Å². The summed E-state index contributed by atoms with van der Waals surface area (Å²) < 4.78 is 6.52. The first-order valence-corrected chi connectivity index (χ1v) is 8.25. The normalized spacial score (nSPS) is 11.7. The predicted molar refractivity (Wildman–Crippen MR) is 104 cm³/mol. The molecule has 1 aromatic carbocycles. The first kappa shape index (κ1) is 21.2. The molecule has 1 N–H and O–H groups in total. The molecular weight excluding hydrogens is 388 g/mol. The maximum Gasteiger partial charge on any atom is 0.294 e. The number of para-hydroxylation sites is 2. The Labute approximate surface area is 166 Å². The second kappa shape index (κ2) is 8.72. The predicted octanol–water partition coefficient (Wildman–Crippen LogP) is 2.07. The van der Waals surface area contributed by atoms with E-state index in [1.807, 2.05) is 14.0 Å². The van der Waals surface area contributed by atoms with E-state index < -0.39 is 10.4 Å². The number of halogens is 1. The van der Waals surface area contributed by atoms with Crippen LogP contribution in [0.2, 0.25) is 0 Å². The third kappa shape index (κ3) is 4.24. The minimum absolute atomic E-state index is 0. The van der Waals surface area contributed by atoms with Gasteiger partial charge >= 0.3 is 0 Å². The molecule has 0 fully saturated rings. The molecule has 2 heterocycles. The summed E-state index contributed by atoms with van der Waals surface area (Å²) >= 11 is 0. The molecule has 3 rings (SSSR count). The lowest BCUT2D eigenvalue weighted by molar-refractivity contribution is -0.384. The molecule has 0 aliphatic rings. The van der Waals surface area contributed by atoms with E-state index in [4.69, 9.17) is 4.52 Å². The number of nitrogens with zero attached hydrogens (tertiary/aromatic N) is 5. The molecule has 1 unspecified atom stereocenters. The van der Waals surface area contributed by atoms with Crippen LogP contribution in [0.5, 0.6) is 0 Å². The summed E-state index contributed by atoms with van der Waals surface area (Å²) in [7, 11) is 1.82. The van der Waals surface area contributed by atoms with E-state index in [0.29, 0.717) is 17.9 Å². The topological polar surface area (TPSA) is 129 Å². The lowest BCUT2D eigenvalue weighted by atomic mass is 10.2. The summed E-state index contributed by atoms with van der Waals surface area (Å²) in [4.78, 5) is 27.4. The highest BCUT2D eigenvalue weighted by Gasteiger charge is 2.20. The van der Waals surface area contributed by atoms with E-state index in [1.54, 1.807) is 25.1 Å². The molecular formula is C17H19ClN6O4. The number of aryl methyl sites for hydroxylation is 1. The largest absolute Gasteiger partial charge is 0.332 e. The van der Waals surface area contributed by atoms with Crippen LogP contribution in [0.15, 0.2) is 39.6 Å². The van der Waals surface area contributed by atoms with Crippen LogP contribution in [-0.4, -0.2) is 37.9 Å². The number of aromatic nitrogens is 4. The standard InChI is InChI=1S/C17H18N6O4.ClH/c1-10(18-3)8-15-19-17(27-21-15)16-14(24)9-11(2)22(20-16)12-6-4-5-7-13(12)23(25)26;/h4-7,9-10,18H,8H2,1-3H3;1H. The van der Waals surface area contributed by atoms with E-state index in [2.05, 4.69) is 20.6 Å². The number of benzene rings is 1. The Kier molecular flexibility index (Phi) is 6.60. The second-order valence-electron chi connectivity index (χ2n) is 6.07. The number of likely N-dealkylation sites (N-methyl/N-ethyl adjacent to an activating group) is 1. The summed E-state index contributed by atoms with van der Waals surface area (Å²) in [6, 6.07) is 7.61. The summed E-state index contributed by atoms with van der Waals surface area (Å²) in [5, 5.41) is 22.5. The van der Waals surface area contributed by atoms with Crippen molar-refractivity contribution in [3.05, 3.63) is 62.2 Å². The molecule has 3 aromatic rings. The molecule has 0 saturated carbocycles. The summed E-state index contributed by atoms with van der Waals surface area (Å²) in [5.41, 5.74) is 0.0944. The van der Waals surface area contributed by atoms with Crippen molar-refractivity contribution in [1.29, 1.82) is 0 Å². The molecule has 1 atom stereocenters. The molecule has 11 heteroatoms. The molecule has 148 valence electrons. The lowest BCUT2D eigenvalue weighted by Gasteiger charge is -2.10. The van der Waals surface area contributed by atoms with Crippen LogP contribution in [0.3, 0.4) is 0 Å². The molecule has 0 aliphatic heterocycles. The van der Waals surface area contributed by atoms with Gasteiger partial charge in [0.25, 0.3) is 11.6 Å². The van der Waals surface area contributed by atoms with Crippen molar-refractivity contribution in [3.63, 3.8) is 0 Å². The molecule has 0 amide bonds. The van der Waals surface area contributed by atoms with Crippen molar-refractivity contribution in [2.24, 2.45) is 0 Å². The van der Waals surface area contributed by atoms with E-state index in [1.165, 1.54) is 16.8 Å². The monoisotopic (exact) mass is 406 g/mol. The zero-order valence-electron chi connectivity index (χ0n) is 15.4. The van der Waals surface area contributed by atoms with Gasteiger partial charge in [-0.25, -0.2) is 4.68 Å². The van der Waals surface area contributed by atoms with Gasteiger partial charge in [0.2, 0.25) is 5.43 Å². The van der Waals surface area contributed by atoms with Crippen LogP contribution in [0.25, 0.3) is 17.3 Å². The van der Waals surface area contributed by atoms with Gasteiger partial charge in [-0.1, -0.05) is 17.3 Å². The molecule has 28 heavy (non-hydrogen) atoms. The van der Waals surface area contributed by atoms with Crippen molar-refractivity contribution in [2.45, 2.75) is 26.3 Å². The Morgan fingerprint density at radius 2 is 2.07 bits per heavy atom. The quantitative estimate of drug-likeness (QED) is 0.486. The van der Waals surface area contributed by atoms with Crippen LogP contribution in [0, 0.1) is 17.0 Å². The smallest absolute Gasteiger partial charge is 0.294 e. The maximum absolute atomic E-state index is 12.4. The first-order valence-electron chi connectivity index (χ1n) is 8.25. The number of nitro benzene ring substituents is 1. The summed E-state index contributed by atoms with van der Waals surface area (Å²) in [5.74, 6) is 0.413. The highest BCUT2D eigenvalue weighted by atomic mass is 35.5. The van der Waals surface area contributed by atoms with Gasteiger partial charge in [0.15, 0.2) is 11.5 Å². The van der Waals surface area contributed by atoms with Crippen LogP contribution >= 0.6 is 12.4 Å². The Bertz CT molecular complexity index is 1050. The Balaban J connectivity index is 0.00000280. The average Bonchev–Trinajstić information content (AvgIpc) is 3.09. The summed E-state index contributed by atoms with van der Waals surface area (Å²) in [6.45, 7) is 3.60. The van der Waals surface area contributed by atoms with Gasteiger partial charge in [-0.3, -0.25) is 14.9 Å². The minimum atomic E-state index is -0.502. The van der Waals surface area contributed by atoms with E-state index in [0.717, 1.165) is 0 Å². The van der Waals surface area contributed by atoms with Crippen LogP contribution < -0.4 is 10.7 Å². The van der Waals surface area contributed by atoms with Crippen LogP contribution in [0.1, 0.15) is 18.4 Å². The number of nitrogens with one attached hydrogen (secondary N) is 1. The van der Waals surface area contributed by atoms with Crippen LogP contribution in [-0.2, 0) is 6.42 Å². The third-order valence-electron chi connectivity index (χ3n) is 4.07. The van der Waals surface area contributed by atoms with Gasteiger partial charge in [0.1, 0.15) is 5.69 Å². The number of rotatable bonds is 6. The van der Waals surface area contributed by atoms with Gasteiger partial charge in [-0.2, -0.15) is 10.1 Å². The van der Waals surface area contributed by atoms with Crippen molar-refractivity contribution < 1.29 is 9.45 Å². The number of hydrogen-bond acceptors (Lipinski definition) is 8.